The molecule has 0 aliphatic rings. The summed E-state index contributed by atoms with van der Waals surface area (Å²) in [4.78, 5) is 51.7. The second-order valence-corrected chi connectivity index (χ2v) is 13.4. The molecule has 0 saturated carbocycles. The summed E-state index contributed by atoms with van der Waals surface area (Å²) in [5.41, 5.74) is 11.9. The summed E-state index contributed by atoms with van der Waals surface area (Å²) in [5.74, 6) is -3.14. The van der Waals surface area contributed by atoms with Crippen LogP contribution in [0.15, 0.2) is 36.4 Å². The van der Waals surface area contributed by atoms with E-state index in [-0.39, 0.29) is 34.4 Å². The van der Waals surface area contributed by atoms with E-state index in [1.807, 2.05) is 26.0 Å². The third kappa shape index (κ3) is 15.2. The number of hydrazine groups is 2. The van der Waals surface area contributed by atoms with Crippen LogP contribution in [0.1, 0.15) is 162 Å². The molecule has 0 aliphatic carbocycles. The zero-order valence-electron chi connectivity index (χ0n) is 30.9. The van der Waals surface area contributed by atoms with Gasteiger partial charge in [-0.05, 0) is 86.8 Å². The van der Waals surface area contributed by atoms with E-state index in [9.17, 15) is 29.4 Å². The molecule has 0 bridgehead atoms. The SMILES string of the molecule is CCCCCCCc1ccc(C(=O)NNC(=O)C(CC)CCC(CCCC)C(=O)NNC(=O)c2ccc(CCCCCCC)cc2O)c(O)c1. The normalized spacial score (nSPS) is 12.2. The lowest BCUT2D eigenvalue weighted by molar-refractivity contribution is -0.128. The van der Waals surface area contributed by atoms with Crippen molar-refractivity contribution in [2.45, 2.75) is 143 Å². The summed E-state index contributed by atoms with van der Waals surface area (Å²) >= 11 is 0. The average Bonchev–Trinajstić information content (AvgIpc) is 3.10. The quantitative estimate of drug-likeness (QED) is 0.0512. The van der Waals surface area contributed by atoms with E-state index in [1.54, 1.807) is 24.3 Å². The van der Waals surface area contributed by atoms with Gasteiger partial charge in [0, 0.05) is 11.8 Å². The van der Waals surface area contributed by atoms with Crippen molar-refractivity contribution >= 4 is 23.6 Å². The van der Waals surface area contributed by atoms with Crippen LogP contribution in [-0.4, -0.2) is 33.8 Å². The second-order valence-electron chi connectivity index (χ2n) is 13.4. The maximum Gasteiger partial charge on any atom is 0.273 e. The van der Waals surface area contributed by atoms with Crippen molar-refractivity contribution in [1.82, 2.24) is 21.7 Å². The van der Waals surface area contributed by atoms with Gasteiger partial charge in [-0.15, -0.1) is 0 Å². The molecule has 0 heterocycles. The predicted molar refractivity (Wildman–Crippen MR) is 198 cm³/mol. The lowest BCUT2D eigenvalue weighted by Crippen LogP contribution is -2.45. The highest BCUT2D eigenvalue weighted by Gasteiger charge is 2.24. The van der Waals surface area contributed by atoms with Crippen molar-refractivity contribution in [3.05, 3.63) is 58.7 Å². The monoisotopic (exact) mass is 694 g/mol. The fraction of sp³-hybridized carbons (Fsp3) is 0.600. The van der Waals surface area contributed by atoms with Crippen LogP contribution in [0.4, 0.5) is 0 Å². The Morgan fingerprint density at radius 1 is 0.520 bits per heavy atom. The third-order valence-corrected chi connectivity index (χ3v) is 9.35. The van der Waals surface area contributed by atoms with E-state index in [4.69, 9.17) is 0 Å². The number of hydrogen-bond acceptors (Lipinski definition) is 6. The van der Waals surface area contributed by atoms with Gasteiger partial charge < -0.3 is 10.2 Å². The molecule has 2 rings (SSSR count). The van der Waals surface area contributed by atoms with Crippen LogP contribution in [0.25, 0.3) is 0 Å². The molecule has 6 N–H and O–H groups in total. The summed E-state index contributed by atoms with van der Waals surface area (Å²) in [6.45, 7) is 8.24. The first-order valence-corrected chi connectivity index (χ1v) is 19.0. The Bertz CT molecular complexity index is 1350. The number of aromatic hydroxyl groups is 2. The largest absolute Gasteiger partial charge is 0.507 e. The van der Waals surface area contributed by atoms with Gasteiger partial charge in [0.05, 0.1) is 11.1 Å². The molecule has 50 heavy (non-hydrogen) atoms. The van der Waals surface area contributed by atoms with E-state index in [1.165, 1.54) is 38.5 Å². The number of benzene rings is 2. The molecule has 0 aliphatic heterocycles. The van der Waals surface area contributed by atoms with Crippen LogP contribution < -0.4 is 21.7 Å². The standard InChI is InChI=1S/C40H62N4O6/c1-5-9-12-14-16-18-29-21-25-33(35(45)27-29)39(49)43-41-37(47)31(8-4)23-24-32(20-11-7-3)38(48)42-44-40(50)34-26-22-30(28-36(34)46)19-17-15-13-10-6-2/h21-22,25-28,31-32,45-46H,5-20,23-24H2,1-4H3,(H,41,47)(H,42,48)(H,43,49)(H,44,50). The van der Waals surface area contributed by atoms with Crippen molar-refractivity contribution in [3.8, 4) is 11.5 Å². The molecule has 0 fully saturated rings. The van der Waals surface area contributed by atoms with E-state index in [0.29, 0.717) is 25.7 Å². The Kier molecular flexibility index (Phi) is 20.3. The predicted octanol–water partition coefficient (Wildman–Crippen LogP) is 7.96. The number of aryl methyl sites for hydroxylation is 2. The number of phenolic OH excluding ortho intramolecular Hbond substituents is 2. The summed E-state index contributed by atoms with van der Waals surface area (Å²) in [7, 11) is 0. The molecule has 0 spiro atoms. The minimum atomic E-state index is -0.612. The van der Waals surface area contributed by atoms with E-state index in [2.05, 4.69) is 35.6 Å². The van der Waals surface area contributed by atoms with E-state index in [0.717, 1.165) is 62.5 Å². The highest BCUT2D eigenvalue weighted by Crippen LogP contribution is 2.23. The fourth-order valence-corrected chi connectivity index (χ4v) is 6.07. The van der Waals surface area contributed by atoms with Gasteiger partial charge in [0.25, 0.3) is 11.8 Å². The molecule has 10 nitrogen and oxygen atoms in total. The van der Waals surface area contributed by atoms with Crippen LogP contribution in [0.2, 0.25) is 0 Å². The first-order valence-electron chi connectivity index (χ1n) is 19.0. The minimum absolute atomic E-state index is 0.0773. The van der Waals surface area contributed by atoms with Gasteiger partial charge in [0.1, 0.15) is 11.5 Å². The Hall–Kier alpha value is -4.08. The lowest BCUT2D eigenvalue weighted by Gasteiger charge is -2.20. The smallest absolute Gasteiger partial charge is 0.273 e. The van der Waals surface area contributed by atoms with Crippen LogP contribution in [-0.2, 0) is 22.4 Å². The van der Waals surface area contributed by atoms with Gasteiger partial charge in [0.2, 0.25) is 11.8 Å². The van der Waals surface area contributed by atoms with Crippen molar-refractivity contribution in [2.24, 2.45) is 11.8 Å². The molecule has 278 valence electrons. The number of rotatable bonds is 23. The highest BCUT2D eigenvalue weighted by atomic mass is 16.3. The van der Waals surface area contributed by atoms with E-state index < -0.39 is 23.7 Å². The number of hydrogen-bond donors (Lipinski definition) is 6. The second kappa shape index (κ2) is 24.1. The summed E-state index contributed by atoms with van der Waals surface area (Å²) in [6, 6.07) is 10.00. The van der Waals surface area contributed by atoms with Gasteiger partial charge in [-0.2, -0.15) is 0 Å². The van der Waals surface area contributed by atoms with Gasteiger partial charge in [-0.25, -0.2) is 0 Å². The summed E-state index contributed by atoms with van der Waals surface area (Å²) in [6.07, 6.45) is 16.7. The molecular formula is C40H62N4O6. The molecule has 2 unspecified atom stereocenters. The molecule has 0 radical (unpaired) electrons. The van der Waals surface area contributed by atoms with Gasteiger partial charge >= 0.3 is 0 Å². The molecule has 2 aromatic carbocycles. The van der Waals surface area contributed by atoms with Gasteiger partial charge in [-0.1, -0.05) is 104 Å². The number of unbranched alkanes of at least 4 members (excludes halogenated alkanes) is 9. The van der Waals surface area contributed by atoms with Crippen LogP contribution in [0.3, 0.4) is 0 Å². The summed E-state index contributed by atoms with van der Waals surface area (Å²) < 4.78 is 0. The highest BCUT2D eigenvalue weighted by molar-refractivity contribution is 5.98. The Balaban J connectivity index is 1.87. The van der Waals surface area contributed by atoms with Crippen LogP contribution in [0.5, 0.6) is 11.5 Å². The molecule has 2 atom stereocenters. The average molecular weight is 695 g/mol. The van der Waals surface area contributed by atoms with Gasteiger partial charge in [0.15, 0.2) is 0 Å². The molecule has 10 heteroatoms. The number of nitrogens with one attached hydrogen (secondary N) is 4. The lowest BCUT2D eigenvalue weighted by atomic mass is 9.90. The molecule has 2 aromatic rings. The van der Waals surface area contributed by atoms with Crippen molar-refractivity contribution in [2.75, 3.05) is 0 Å². The van der Waals surface area contributed by atoms with Crippen molar-refractivity contribution in [1.29, 1.82) is 0 Å². The minimum Gasteiger partial charge on any atom is -0.507 e. The summed E-state index contributed by atoms with van der Waals surface area (Å²) in [5, 5.41) is 20.9. The van der Waals surface area contributed by atoms with Crippen molar-refractivity contribution in [3.63, 3.8) is 0 Å². The molecule has 4 amide bonds. The Morgan fingerprint density at radius 3 is 1.36 bits per heavy atom. The third-order valence-electron chi connectivity index (χ3n) is 9.35. The van der Waals surface area contributed by atoms with E-state index >= 15 is 0 Å². The van der Waals surface area contributed by atoms with Crippen molar-refractivity contribution < 1.29 is 29.4 Å². The maximum atomic E-state index is 13.1. The van der Waals surface area contributed by atoms with Gasteiger partial charge in [-0.3, -0.25) is 40.9 Å². The first-order chi connectivity index (χ1) is 24.1. The number of phenols is 2. The number of carbonyl (C=O) groups excluding carboxylic acids is 4. The Labute approximate surface area is 299 Å². The van der Waals surface area contributed by atoms with Crippen LogP contribution in [0, 0.1) is 11.8 Å². The number of carbonyl (C=O) groups is 4. The molecule has 0 saturated heterocycles. The van der Waals surface area contributed by atoms with Crippen LogP contribution >= 0.6 is 0 Å². The number of amides is 4. The zero-order chi connectivity index (χ0) is 36.7. The fourth-order valence-electron chi connectivity index (χ4n) is 6.07. The Morgan fingerprint density at radius 2 is 0.940 bits per heavy atom. The maximum absolute atomic E-state index is 13.1. The zero-order valence-corrected chi connectivity index (χ0v) is 30.9. The first kappa shape index (κ1) is 42.1. The molecular weight excluding hydrogens is 632 g/mol. The topological polar surface area (TPSA) is 157 Å². The molecule has 0 aromatic heterocycles.